The number of pyridine rings is 1. The van der Waals surface area contributed by atoms with Crippen LogP contribution < -0.4 is 11.1 Å². The number of nitriles is 2. The van der Waals surface area contributed by atoms with Crippen molar-refractivity contribution in [2.45, 2.75) is 13.8 Å². The third-order valence-electron chi connectivity index (χ3n) is 3.18. The molecule has 1 aromatic heterocycles. The van der Waals surface area contributed by atoms with Crippen LogP contribution in [0.1, 0.15) is 23.7 Å². The summed E-state index contributed by atoms with van der Waals surface area (Å²) in [6, 6.07) is 11.7. The monoisotopic (exact) mass is 277 g/mol. The number of nitrogens with one attached hydrogen (secondary N) is 1. The Morgan fingerprint density at radius 1 is 1.14 bits per heavy atom. The van der Waals surface area contributed by atoms with Gasteiger partial charge in [0.1, 0.15) is 23.5 Å². The summed E-state index contributed by atoms with van der Waals surface area (Å²) in [6.07, 6.45) is 0. The van der Waals surface area contributed by atoms with Gasteiger partial charge in [0.25, 0.3) is 0 Å². The van der Waals surface area contributed by atoms with Crippen molar-refractivity contribution in [3.05, 3.63) is 41.1 Å². The standard InChI is InChI=1S/C16H15N5/c1-3-20-12-6-4-11(5-7-12)15-13(8-17)10(2)21-16(19)14(15)9-18/h4-7,20H,3H2,1-2H3,(H2,19,21). The predicted molar refractivity (Wildman–Crippen MR) is 82.4 cm³/mol. The van der Waals surface area contributed by atoms with Crippen molar-refractivity contribution >= 4 is 11.5 Å². The van der Waals surface area contributed by atoms with E-state index >= 15 is 0 Å². The summed E-state index contributed by atoms with van der Waals surface area (Å²) in [7, 11) is 0. The van der Waals surface area contributed by atoms with E-state index in [1.807, 2.05) is 37.3 Å². The molecule has 5 heteroatoms. The molecule has 0 saturated carbocycles. The Kier molecular flexibility index (Phi) is 4.06. The Balaban J connectivity index is 2.68. The molecule has 0 aliphatic rings. The topological polar surface area (TPSA) is 98.5 Å². The number of hydrogen-bond donors (Lipinski definition) is 2. The average molecular weight is 277 g/mol. The first-order valence-electron chi connectivity index (χ1n) is 6.57. The maximum atomic E-state index is 9.36. The van der Waals surface area contributed by atoms with Crippen LogP contribution >= 0.6 is 0 Å². The van der Waals surface area contributed by atoms with Crippen molar-refractivity contribution in [1.29, 1.82) is 10.5 Å². The van der Waals surface area contributed by atoms with Gasteiger partial charge in [0.05, 0.1) is 11.3 Å². The molecule has 2 aromatic rings. The van der Waals surface area contributed by atoms with E-state index in [1.54, 1.807) is 6.92 Å². The largest absolute Gasteiger partial charge is 0.385 e. The maximum absolute atomic E-state index is 9.36. The molecule has 0 saturated heterocycles. The molecule has 3 N–H and O–H groups in total. The molecule has 1 heterocycles. The van der Waals surface area contributed by atoms with Gasteiger partial charge in [-0.05, 0) is 31.5 Å². The SMILES string of the molecule is CCNc1ccc(-c2c(C#N)c(C)nc(N)c2C#N)cc1. The third-order valence-corrected chi connectivity index (χ3v) is 3.18. The van der Waals surface area contributed by atoms with Gasteiger partial charge in [0, 0.05) is 17.8 Å². The molecule has 0 spiro atoms. The van der Waals surface area contributed by atoms with E-state index in [9.17, 15) is 10.5 Å². The minimum absolute atomic E-state index is 0.153. The summed E-state index contributed by atoms with van der Waals surface area (Å²) >= 11 is 0. The summed E-state index contributed by atoms with van der Waals surface area (Å²) in [5.74, 6) is 0.153. The van der Waals surface area contributed by atoms with Crippen LogP contribution in [-0.2, 0) is 0 Å². The molecule has 0 unspecified atom stereocenters. The van der Waals surface area contributed by atoms with Crippen LogP contribution in [0.4, 0.5) is 11.5 Å². The number of nitrogens with zero attached hydrogens (tertiary/aromatic N) is 3. The Hall–Kier alpha value is -3.05. The Labute approximate surface area is 123 Å². The Bertz CT molecular complexity index is 710. The molecule has 104 valence electrons. The van der Waals surface area contributed by atoms with Crippen LogP contribution in [0, 0.1) is 29.6 Å². The molecule has 5 nitrogen and oxygen atoms in total. The zero-order valence-corrected chi connectivity index (χ0v) is 11.9. The molecule has 0 aliphatic carbocycles. The minimum Gasteiger partial charge on any atom is -0.385 e. The summed E-state index contributed by atoms with van der Waals surface area (Å²) in [5.41, 5.74) is 9.29. The van der Waals surface area contributed by atoms with Gasteiger partial charge in [-0.3, -0.25) is 0 Å². The van der Waals surface area contributed by atoms with Crippen molar-refractivity contribution in [1.82, 2.24) is 4.98 Å². The number of nitrogen functional groups attached to an aromatic ring is 1. The van der Waals surface area contributed by atoms with Crippen LogP contribution in [0.2, 0.25) is 0 Å². The van der Waals surface area contributed by atoms with Crippen molar-refractivity contribution in [2.75, 3.05) is 17.6 Å². The number of aryl methyl sites for hydroxylation is 1. The second-order valence-corrected chi connectivity index (χ2v) is 4.54. The third kappa shape index (κ3) is 2.63. The van der Waals surface area contributed by atoms with E-state index in [4.69, 9.17) is 5.73 Å². The highest BCUT2D eigenvalue weighted by Crippen LogP contribution is 2.32. The highest BCUT2D eigenvalue weighted by atomic mass is 14.9. The van der Waals surface area contributed by atoms with Gasteiger partial charge < -0.3 is 11.1 Å². The van der Waals surface area contributed by atoms with E-state index in [-0.39, 0.29) is 11.4 Å². The number of rotatable bonds is 3. The molecule has 0 atom stereocenters. The molecular weight excluding hydrogens is 262 g/mol. The van der Waals surface area contributed by atoms with Crippen LogP contribution in [0.3, 0.4) is 0 Å². The van der Waals surface area contributed by atoms with Crippen LogP contribution in [0.25, 0.3) is 11.1 Å². The molecule has 0 fully saturated rings. The first kappa shape index (κ1) is 14.4. The van der Waals surface area contributed by atoms with E-state index < -0.39 is 0 Å². The van der Waals surface area contributed by atoms with Crippen LogP contribution in [-0.4, -0.2) is 11.5 Å². The quantitative estimate of drug-likeness (QED) is 0.898. The lowest BCUT2D eigenvalue weighted by molar-refractivity contribution is 1.18. The van der Waals surface area contributed by atoms with Gasteiger partial charge in [-0.1, -0.05) is 12.1 Å². The lowest BCUT2D eigenvalue weighted by atomic mass is 9.95. The van der Waals surface area contributed by atoms with Crippen LogP contribution in [0.15, 0.2) is 24.3 Å². The highest BCUT2D eigenvalue weighted by Gasteiger charge is 2.17. The molecule has 0 bridgehead atoms. The lowest BCUT2D eigenvalue weighted by Crippen LogP contribution is -2.03. The number of aromatic nitrogens is 1. The van der Waals surface area contributed by atoms with E-state index in [1.165, 1.54) is 0 Å². The second-order valence-electron chi connectivity index (χ2n) is 4.54. The number of benzene rings is 1. The van der Waals surface area contributed by atoms with Gasteiger partial charge in [-0.15, -0.1) is 0 Å². The lowest BCUT2D eigenvalue weighted by Gasteiger charge is -2.12. The van der Waals surface area contributed by atoms with Crippen molar-refractivity contribution in [2.24, 2.45) is 0 Å². The molecule has 21 heavy (non-hydrogen) atoms. The fraction of sp³-hybridized carbons (Fsp3) is 0.188. The van der Waals surface area contributed by atoms with Crippen molar-refractivity contribution < 1.29 is 0 Å². The molecule has 0 aliphatic heterocycles. The van der Waals surface area contributed by atoms with Crippen LogP contribution in [0.5, 0.6) is 0 Å². The molecular formula is C16H15N5. The van der Waals surface area contributed by atoms with Gasteiger partial charge in [-0.2, -0.15) is 10.5 Å². The first-order chi connectivity index (χ1) is 10.1. The smallest absolute Gasteiger partial charge is 0.142 e. The van der Waals surface area contributed by atoms with E-state index in [2.05, 4.69) is 16.4 Å². The summed E-state index contributed by atoms with van der Waals surface area (Å²) in [5, 5.41) is 21.9. The van der Waals surface area contributed by atoms with Gasteiger partial charge >= 0.3 is 0 Å². The molecule has 0 amide bonds. The zero-order valence-electron chi connectivity index (χ0n) is 11.9. The van der Waals surface area contributed by atoms with E-state index in [0.717, 1.165) is 17.8 Å². The summed E-state index contributed by atoms with van der Waals surface area (Å²) in [6.45, 7) is 4.56. The molecule has 1 aromatic carbocycles. The fourth-order valence-electron chi connectivity index (χ4n) is 2.22. The van der Waals surface area contributed by atoms with Gasteiger partial charge in [0.2, 0.25) is 0 Å². The first-order valence-corrected chi connectivity index (χ1v) is 6.57. The second kappa shape index (κ2) is 5.94. The van der Waals surface area contributed by atoms with E-state index in [0.29, 0.717) is 16.8 Å². The minimum atomic E-state index is 0.153. The summed E-state index contributed by atoms with van der Waals surface area (Å²) in [4.78, 5) is 4.07. The maximum Gasteiger partial charge on any atom is 0.142 e. The fourth-order valence-corrected chi connectivity index (χ4v) is 2.22. The zero-order chi connectivity index (χ0) is 15.4. The predicted octanol–water partition coefficient (Wildman–Crippen LogP) is 2.81. The number of hydrogen-bond acceptors (Lipinski definition) is 5. The van der Waals surface area contributed by atoms with Crippen molar-refractivity contribution in [3.8, 4) is 23.3 Å². The number of anilines is 2. The van der Waals surface area contributed by atoms with Crippen molar-refractivity contribution in [3.63, 3.8) is 0 Å². The average Bonchev–Trinajstić information content (AvgIpc) is 2.48. The normalized spacial score (nSPS) is 9.71. The van der Waals surface area contributed by atoms with Gasteiger partial charge in [-0.25, -0.2) is 4.98 Å². The molecule has 2 rings (SSSR count). The van der Waals surface area contributed by atoms with Gasteiger partial charge in [0.15, 0.2) is 0 Å². The number of nitrogens with two attached hydrogens (primary N) is 1. The summed E-state index contributed by atoms with van der Waals surface area (Å²) < 4.78 is 0. The highest BCUT2D eigenvalue weighted by molar-refractivity contribution is 5.81. The molecule has 0 radical (unpaired) electrons. The Morgan fingerprint density at radius 2 is 1.76 bits per heavy atom. The Morgan fingerprint density at radius 3 is 2.29 bits per heavy atom.